The van der Waals surface area contributed by atoms with E-state index in [1.165, 1.54) is 64.8 Å². The summed E-state index contributed by atoms with van der Waals surface area (Å²) in [5, 5.41) is 13.9. The first-order valence-electron chi connectivity index (χ1n) is 11.4. The van der Waals surface area contributed by atoms with Crippen LogP contribution in [-0.4, -0.2) is 0 Å². The largest absolute Gasteiger partial charge is 0.213 e. The zero-order chi connectivity index (χ0) is 21.9. The fraction of sp³-hybridized carbons (Fsp3) is 0.0312. The second-order valence-electron chi connectivity index (χ2n) is 8.95. The molecule has 0 unspecified atom stereocenters. The molecule has 7 aromatic rings. The normalized spacial score (nSPS) is 11.8. The van der Waals surface area contributed by atoms with E-state index in [1.54, 1.807) is 0 Å². The fourth-order valence-corrected chi connectivity index (χ4v) is 5.39. The zero-order valence-electron chi connectivity index (χ0n) is 18.4. The number of aryl methyl sites for hydroxylation is 1. The molecule has 1 heterocycles. The van der Waals surface area contributed by atoms with Crippen molar-refractivity contribution in [3.63, 3.8) is 0 Å². The topological polar surface area (TPSA) is 3.88 Å². The van der Waals surface area contributed by atoms with E-state index in [4.69, 9.17) is 0 Å². The molecular formula is C32H22N+. The molecule has 0 fully saturated rings. The maximum absolute atomic E-state index is 2.37. The molecule has 0 saturated heterocycles. The van der Waals surface area contributed by atoms with Gasteiger partial charge in [0, 0.05) is 16.8 Å². The minimum Gasteiger partial charge on any atom is -0.200 e. The summed E-state index contributed by atoms with van der Waals surface area (Å²) in [7, 11) is 2.15. The summed E-state index contributed by atoms with van der Waals surface area (Å²) in [6.07, 6.45) is 2.26. The Labute approximate surface area is 191 Å². The minimum atomic E-state index is 1.22. The molecule has 154 valence electrons. The van der Waals surface area contributed by atoms with E-state index in [1.807, 2.05) is 0 Å². The van der Waals surface area contributed by atoms with Gasteiger partial charge in [-0.25, -0.2) is 4.57 Å². The first-order chi connectivity index (χ1) is 16.3. The molecule has 0 aliphatic carbocycles. The second kappa shape index (κ2) is 6.88. The van der Waals surface area contributed by atoms with E-state index in [0.717, 1.165) is 0 Å². The Kier molecular flexibility index (Phi) is 3.83. The summed E-state index contributed by atoms with van der Waals surface area (Å²) < 4.78 is 2.26. The Hall–Kier alpha value is -4.23. The van der Waals surface area contributed by atoms with Crippen LogP contribution in [-0.2, 0) is 7.05 Å². The van der Waals surface area contributed by atoms with Crippen LogP contribution in [0.4, 0.5) is 0 Å². The molecule has 0 atom stereocenters. The van der Waals surface area contributed by atoms with Gasteiger partial charge in [0.15, 0.2) is 6.20 Å². The molecule has 0 spiro atoms. The number of hydrogen-bond donors (Lipinski definition) is 0. The van der Waals surface area contributed by atoms with Crippen LogP contribution in [0.1, 0.15) is 0 Å². The first-order valence-corrected chi connectivity index (χ1v) is 11.4. The van der Waals surface area contributed by atoms with Crippen molar-refractivity contribution >= 4 is 64.8 Å². The molecule has 1 aromatic heterocycles. The van der Waals surface area contributed by atoms with Crippen molar-refractivity contribution in [1.82, 2.24) is 0 Å². The highest BCUT2D eigenvalue weighted by atomic mass is 14.9. The van der Waals surface area contributed by atoms with Gasteiger partial charge in [0.25, 0.3) is 0 Å². The van der Waals surface area contributed by atoms with Crippen LogP contribution in [0, 0.1) is 0 Å². The number of pyridine rings is 1. The zero-order valence-corrected chi connectivity index (χ0v) is 18.4. The van der Waals surface area contributed by atoms with Crippen molar-refractivity contribution < 1.29 is 4.57 Å². The molecule has 0 saturated carbocycles. The maximum atomic E-state index is 2.37. The highest BCUT2D eigenvalue weighted by molar-refractivity contribution is 6.17. The van der Waals surface area contributed by atoms with Gasteiger partial charge in [0.2, 0.25) is 5.52 Å². The van der Waals surface area contributed by atoms with Gasteiger partial charge in [-0.05, 0) is 67.4 Å². The van der Waals surface area contributed by atoms with Crippen LogP contribution >= 0.6 is 0 Å². The monoisotopic (exact) mass is 420 g/mol. The van der Waals surface area contributed by atoms with Crippen molar-refractivity contribution in [2.45, 2.75) is 0 Å². The van der Waals surface area contributed by atoms with Crippen molar-refractivity contribution in [2.24, 2.45) is 7.05 Å². The third kappa shape index (κ3) is 2.76. The maximum Gasteiger partial charge on any atom is 0.213 e. The molecule has 0 aliphatic heterocycles. The van der Waals surface area contributed by atoms with Gasteiger partial charge >= 0.3 is 0 Å². The van der Waals surface area contributed by atoms with Gasteiger partial charge in [-0.1, -0.05) is 78.9 Å². The molecule has 0 aliphatic rings. The van der Waals surface area contributed by atoms with Crippen molar-refractivity contribution in [3.05, 3.63) is 115 Å². The molecule has 0 N–H and O–H groups in total. The van der Waals surface area contributed by atoms with Crippen molar-refractivity contribution in [3.8, 4) is 0 Å². The molecule has 1 heteroatoms. The lowest BCUT2D eigenvalue weighted by atomic mass is 10.0. The Bertz CT molecular complexity index is 1930. The second-order valence-corrected chi connectivity index (χ2v) is 8.95. The minimum absolute atomic E-state index is 1.22. The summed E-state index contributed by atoms with van der Waals surface area (Å²) in [6.45, 7) is 0. The smallest absolute Gasteiger partial charge is 0.200 e. The van der Waals surface area contributed by atoms with Crippen molar-refractivity contribution in [2.75, 3.05) is 0 Å². The molecular weight excluding hydrogens is 398 g/mol. The summed E-state index contributed by atoms with van der Waals surface area (Å²) >= 11 is 0. The van der Waals surface area contributed by atoms with Gasteiger partial charge in [-0.3, -0.25) is 0 Å². The molecule has 0 amide bonds. The van der Waals surface area contributed by atoms with Crippen LogP contribution in [0.25, 0.3) is 64.8 Å². The third-order valence-electron chi connectivity index (χ3n) is 7.02. The molecule has 1 nitrogen and oxygen atoms in total. The third-order valence-corrected chi connectivity index (χ3v) is 7.02. The molecule has 7 rings (SSSR count). The molecule has 6 aromatic carbocycles. The van der Waals surface area contributed by atoms with Gasteiger partial charge in [0.05, 0.1) is 5.39 Å². The highest BCUT2D eigenvalue weighted by Gasteiger charge is 2.11. The lowest BCUT2D eigenvalue weighted by Gasteiger charge is -2.05. The lowest BCUT2D eigenvalue weighted by Crippen LogP contribution is -2.28. The van der Waals surface area contributed by atoms with Crippen LogP contribution in [0.3, 0.4) is 0 Å². The predicted molar refractivity (Wildman–Crippen MR) is 141 cm³/mol. The Morgan fingerprint density at radius 1 is 0.394 bits per heavy atom. The van der Waals surface area contributed by atoms with E-state index in [2.05, 4.69) is 127 Å². The molecule has 0 radical (unpaired) electrons. The number of hydrogen-bond acceptors (Lipinski definition) is 0. The van der Waals surface area contributed by atoms with E-state index in [-0.39, 0.29) is 0 Å². The fourth-order valence-electron chi connectivity index (χ4n) is 5.39. The van der Waals surface area contributed by atoms with Gasteiger partial charge in [0.1, 0.15) is 7.05 Å². The Balaban J connectivity index is 1.91. The van der Waals surface area contributed by atoms with Crippen LogP contribution in [0.15, 0.2) is 115 Å². The first kappa shape index (κ1) is 18.4. The van der Waals surface area contributed by atoms with E-state index in [0.29, 0.717) is 0 Å². The predicted octanol–water partition coefficient (Wildman–Crippen LogP) is 7.99. The highest BCUT2D eigenvalue weighted by Crippen LogP contribution is 2.32. The van der Waals surface area contributed by atoms with Gasteiger partial charge < -0.3 is 0 Å². The average molecular weight is 421 g/mol. The van der Waals surface area contributed by atoms with Crippen molar-refractivity contribution in [1.29, 1.82) is 0 Å². The molecule has 33 heavy (non-hydrogen) atoms. The van der Waals surface area contributed by atoms with Gasteiger partial charge in [-0.15, -0.1) is 0 Å². The van der Waals surface area contributed by atoms with E-state index < -0.39 is 0 Å². The lowest BCUT2D eigenvalue weighted by molar-refractivity contribution is -0.643. The summed E-state index contributed by atoms with van der Waals surface area (Å²) in [4.78, 5) is 0. The quantitative estimate of drug-likeness (QED) is 0.219. The Morgan fingerprint density at radius 3 is 1.88 bits per heavy atom. The van der Waals surface area contributed by atoms with Gasteiger partial charge in [-0.2, -0.15) is 0 Å². The number of benzene rings is 5. The summed E-state index contributed by atoms with van der Waals surface area (Å²) in [5.41, 5.74) is 1.22. The standard InChI is InChI=1S/C32H22N/c1-33-20-25-10-6-13-28-27-12-3-2-11-26(27)24-9-4-8-22(17-24)23-16-15-21-7-5-14-29(30(21)18-23)32(33)19-31(25)28/h2-20H,1H3/q+1. The average Bonchev–Trinajstić information content (AvgIpc) is 2.87. The number of fused-ring (bicyclic) bond motifs is 9. The SMILES string of the molecule is C[n+]1cc2cccc3c2cc1c1cccc2ccc(cc21)c1cccc(c1)c1ccccc13. The summed E-state index contributed by atoms with van der Waals surface area (Å²) in [5.74, 6) is 0. The summed E-state index contributed by atoms with van der Waals surface area (Å²) in [6, 6.07) is 40.2. The van der Waals surface area contributed by atoms with E-state index >= 15 is 0 Å². The number of nitrogens with zero attached hydrogens (tertiary/aromatic N) is 1. The van der Waals surface area contributed by atoms with Crippen LogP contribution in [0.5, 0.6) is 0 Å². The number of rotatable bonds is 0. The van der Waals surface area contributed by atoms with Crippen LogP contribution in [0.2, 0.25) is 0 Å². The molecule has 6 bridgehead atoms. The van der Waals surface area contributed by atoms with Crippen LogP contribution < -0.4 is 4.57 Å². The van der Waals surface area contributed by atoms with E-state index in [9.17, 15) is 0 Å². The Morgan fingerprint density at radius 2 is 0.970 bits per heavy atom. The number of aromatic nitrogens is 1.